The third-order valence-corrected chi connectivity index (χ3v) is 3.15. The third-order valence-electron chi connectivity index (χ3n) is 3.15. The lowest BCUT2D eigenvalue weighted by Gasteiger charge is -2.30. The number of hydrogen-bond acceptors (Lipinski definition) is 3. The zero-order valence-corrected chi connectivity index (χ0v) is 7.83. The van der Waals surface area contributed by atoms with E-state index in [1.165, 1.54) is 0 Å². The van der Waals surface area contributed by atoms with Gasteiger partial charge in [0.1, 0.15) is 0 Å². The third kappa shape index (κ3) is 1.16. The minimum absolute atomic E-state index is 0.138. The Hall–Kier alpha value is -0.120. The molecule has 2 aliphatic heterocycles. The van der Waals surface area contributed by atoms with Crippen molar-refractivity contribution in [1.29, 1.82) is 0 Å². The van der Waals surface area contributed by atoms with E-state index in [1.54, 1.807) is 0 Å². The molecule has 3 heteroatoms. The summed E-state index contributed by atoms with van der Waals surface area (Å²) in [6.45, 7) is 6.49. The fourth-order valence-electron chi connectivity index (χ4n) is 2.47. The molecule has 3 unspecified atom stereocenters. The van der Waals surface area contributed by atoms with Gasteiger partial charge in [0.2, 0.25) is 0 Å². The van der Waals surface area contributed by atoms with Gasteiger partial charge in [-0.15, -0.1) is 0 Å². The van der Waals surface area contributed by atoms with Gasteiger partial charge >= 0.3 is 0 Å². The van der Waals surface area contributed by atoms with Crippen molar-refractivity contribution in [2.24, 2.45) is 0 Å². The summed E-state index contributed by atoms with van der Waals surface area (Å²) in [6.07, 6.45) is 0.955. The molecule has 0 spiro atoms. The van der Waals surface area contributed by atoms with Crippen molar-refractivity contribution >= 4 is 0 Å². The molecule has 0 amide bonds. The second-order valence-electron chi connectivity index (χ2n) is 4.20. The molecule has 2 N–H and O–H groups in total. The molecule has 2 bridgehead atoms. The smallest absolute Gasteiger partial charge is 0.0861 e. The van der Waals surface area contributed by atoms with Crippen LogP contribution in [0.1, 0.15) is 20.3 Å². The molecule has 3 atom stereocenters. The number of rotatable bonds is 1. The molecule has 2 heterocycles. The molecule has 0 aromatic rings. The first-order valence-corrected chi connectivity index (χ1v) is 4.87. The van der Waals surface area contributed by atoms with Crippen LogP contribution in [-0.4, -0.2) is 47.3 Å². The summed E-state index contributed by atoms with van der Waals surface area (Å²) in [4.78, 5) is 2.41. The van der Waals surface area contributed by atoms with E-state index >= 15 is 0 Å². The molecular formula is C9H18N2O. The van der Waals surface area contributed by atoms with Crippen LogP contribution < -0.4 is 5.32 Å². The highest BCUT2D eigenvalue weighted by Crippen LogP contribution is 2.26. The van der Waals surface area contributed by atoms with Gasteiger partial charge in [-0.2, -0.15) is 0 Å². The molecule has 2 fully saturated rings. The lowest BCUT2D eigenvalue weighted by Crippen LogP contribution is -2.48. The molecule has 0 aromatic carbocycles. The van der Waals surface area contributed by atoms with Gasteiger partial charge in [-0.1, -0.05) is 0 Å². The molecule has 0 aliphatic carbocycles. The van der Waals surface area contributed by atoms with E-state index in [0.717, 1.165) is 19.5 Å². The Balaban J connectivity index is 2.11. The Kier molecular flexibility index (Phi) is 2.10. The molecule has 0 aromatic heterocycles. The highest BCUT2D eigenvalue weighted by Gasteiger charge is 2.43. The van der Waals surface area contributed by atoms with Crippen molar-refractivity contribution in [3.05, 3.63) is 0 Å². The van der Waals surface area contributed by atoms with Crippen molar-refractivity contribution < 1.29 is 5.11 Å². The monoisotopic (exact) mass is 170 g/mol. The fraction of sp³-hybridized carbons (Fsp3) is 1.00. The largest absolute Gasteiger partial charge is 0.390 e. The molecule has 0 saturated carbocycles. The molecule has 3 nitrogen and oxygen atoms in total. The van der Waals surface area contributed by atoms with Gasteiger partial charge in [-0.3, -0.25) is 4.90 Å². The molecule has 12 heavy (non-hydrogen) atoms. The van der Waals surface area contributed by atoms with Gasteiger partial charge in [0, 0.05) is 24.7 Å². The Labute approximate surface area is 73.8 Å². The van der Waals surface area contributed by atoms with Crippen molar-refractivity contribution in [3.8, 4) is 0 Å². The number of nitrogens with one attached hydrogen (secondary N) is 1. The highest BCUT2D eigenvalue weighted by atomic mass is 16.3. The molecule has 2 aliphatic rings. The van der Waals surface area contributed by atoms with Crippen LogP contribution in [0.15, 0.2) is 0 Å². The van der Waals surface area contributed by atoms with E-state index in [4.69, 9.17) is 0 Å². The van der Waals surface area contributed by atoms with Gasteiger partial charge in [0.05, 0.1) is 6.10 Å². The second-order valence-corrected chi connectivity index (χ2v) is 4.20. The first-order chi connectivity index (χ1) is 5.70. The molecule has 2 saturated heterocycles. The van der Waals surface area contributed by atoms with E-state index in [-0.39, 0.29) is 6.10 Å². The van der Waals surface area contributed by atoms with E-state index in [1.807, 2.05) is 0 Å². The van der Waals surface area contributed by atoms with Gasteiger partial charge in [0.25, 0.3) is 0 Å². The normalized spacial score (nSPS) is 42.5. The summed E-state index contributed by atoms with van der Waals surface area (Å²) in [5, 5.41) is 13.2. The summed E-state index contributed by atoms with van der Waals surface area (Å²) in [5.74, 6) is 0. The Morgan fingerprint density at radius 1 is 1.50 bits per heavy atom. The van der Waals surface area contributed by atoms with E-state index in [2.05, 4.69) is 24.1 Å². The average Bonchev–Trinajstić information content (AvgIpc) is 2.27. The minimum atomic E-state index is -0.138. The van der Waals surface area contributed by atoms with E-state index in [0.29, 0.717) is 18.1 Å². The summed E-state index contributed by atoms with van der Waals surface area (Å²) in [6, 6.07) is 1.30. The van der Waals surface area contributed by atoms with Crippen LogP contribution in [0.4, 0.5) is 0 Å². The van der Waals surface area contributed by atoms with Gasteiger partial charge in [0.15, 0.2) is 0 Å². The quantitative estimate of drug-likeness (QED) is 0.572. The molecule has 0 radical (unpaired) electrons. The zero-order valence-electron chi connectivity index (χ0n) is 7.83. The van der Waals surface area contributed by atoms with Crippen molar-refractivity contribution in [3.63, 3.8) is 0 Å². The first-order valence-electron chi connectivity index (χ1n) is 4.87. The lowest BCUT2D eigenvalue weighted by atomic mass is 10.0. The minimum Gasteiger partial charge on any atom is -0.390 e. The number of aliphatic hydroxyl groups excluding tert-OH is 1. The van der Waals surface area contributed by atoms with Crippen LogP contribution in [0.3, 0.4) is 0 Å². The number of likely N-dealkylation sites (tertiary alicyclic amines) is 1. The summed E-state index contributed by atoms with van der Waals surface area (Å²) < 4.78 is 0. The SMILES string of the molecule is CC(C)N1CC2NCCC1C2O. The highest BCUT2D eigenvalue weighted by molar-refractivity contribution is 5.01. The van der Waals surface area contributed by atoms with Crippen LogP contribution >= 0.6 is 0 Å². The summed E-state index contributed by atoms with van der Waals surface area (Å²) in [7, 11) is 0. The Morgan fingerprint density at radius 2 is 2.25 bits per heavy atom. The van der Waals surface area contributed by atoms with Gasteiger partial charge in [-0.25, -0.2) is 0 Å². The van der Waals surface area contributed by atoms with Crippen LogP contribution in [0.25, 0.3) is 0 Å². The predicted molar refractivity (Wildman–Crippen MR) is 48.0 cm³/mol. The molecular weight excluding hydrogens is 152 g/mol. The lowest BCUT2D eigenvalue weighted by molar-refractivity contribution is 0.0716. The molecule has 2 rings (SSSR count). The number of hydrogen-bond donors (Lipinski definition) is 2. The summed E-state index contributed by atoms with van der Waals surface area (Å²) in [5.41, 5.74) is 0. The maximum absolute atomic E-state index is 9.82. The van der Waals surface area contributed by atoms with Crippen molar-refractivity contribution in [1.82, 2.24) is 10.2 Å². The maximum atomic E-state index is 9.82. The van der Waals surface area contributed by atoms with Crippen molar-refractivity contribution in [2.75, 3.05) is 13.1 Å². The van der Waals surface area contributed by atoms with Crippen LogP contribution in [-0.2, 0) is 0 Å². The summed E-state index contributed by atoms with van der Waals surface area (Å²) >= 11 is 0. The Morgan fingerprint density at radius 3 is 2.83 bits per heavy atom. The van der Waals surface area contributed by atoms with Crippen LogP contribution in [0, 0.1) is 0 Å². The number of aliphatic hydroxyl groups is 1. The number of piperidine rings is 1. The van der Waals surface area contributed by atoms with Crippen molar-refractivity contribution in [2.45, 2.75) is 44.5 Å². The van der Waals surface area contributed by atoms with Gasteiger partial charge in [-0.05, 0) is 26.8 Å². The van der Waals surface area contributed by atoms with Crippen LogP contribution in [0.2, 0.25) is 0 Å². The van der Waals surface area contributed by atoms with Gasteiger partial charge < -0.3 is 10.4 Å². The standard InChI is InChI=1S/C9H18N2O/c1-6(2)11-5-7-9(12)8(11)3-4-10-7/h6-10,12H,3-5H2,1-2H3. The maximum Gasteiger partial charge on any atom is 0.0861 e. The number of fused-ring (bicyclic) bond motifs is 2. The second kappa shape index (κ2) is 2.98. The first kappa shape index (κ1) is 8.48. The topological polar surface area (TPSA) is 35.5 Å². The fourth-order valence-corrected chi connectivity index (χ4v) is 2.47. The molecule has 70 valence electrons. The predicted octanol–water partition coefficient (Wildman–Crippen LogP) is -0.198. The van der Waals surface area contributed by atoms with Crippen LogP contribution in [0.5, 0.6) is 0 Å². The average molecular weight is 170 g/mol. The number of nitrogens with zero attached hydrogens (tertiary/aromatic N) is 1. The van der Waals surface area contributed by atoms with E-state index < -0.39 is 0 Å². The van der Waals surface area contributed by atoms with E-state index in [9.17, 15) is 5.11 Å². The Bertz CT molecular complexity index is 172. The zero-order chi connectivity index (χ0) is 8.72.